The third-order valence-electron chi connectivity index (χ3n) is 4.03. The molecule has 4 nitrogen and oxygen atoms in total. The molecule has 17 heavy (non-hydrogen) atoms. The van der Waals surface area contributed by atoms with Gasteiger partial charge >= 0.3 is 5.97 Å². The van der Waals surface area contributed by atoms with E-state index in [-0.39, 0.29) is 5.91 Å². The number of hydrogen-bond donors (Lipinski definition) is 1. The second-order valence-electron chi connectivity index (χ2n) is 5.77. The molecule has 0 spiro atoms. The fourth-order valence-corrected chi connectivity index (χ4v) is 2.52. The summed E-state index contributed by atoms with van der Waals surface area (Å²) < 4.78 is 0. The van der Waals surface area contributed by atoms with Gasteiger partial charge in [0.1, 0.15) is 0 Å². The summed E-state index contributed by atoms with van der Waals surface area (Å²) in [6, 6.07) is 0. The molecule has 1 aliphatic heterocycles. The van der Waals surface area contributed by atoms with Crippen molar-refractivity contribution in [3.63, 3.8) is 0 Å². The lowest BCUT2D eigenvalue weighted by Crippen LogP contribution is -2.48. The Balaban J connectivity index is 1.87. The van der Waals surface area contributed by atoms with E-state index >= 15 is 0 Å². The van der Waals surface area contributed by atoms with E-state index < -0.39 is 11.4 Å². The number of amides is 1. The monoisotopic (exact) mass is 239 g/mol. The highest BCUT2D eigenvalue weighted by Gasteiger charge is 2.39. The van der Waals surface area contributed by atoms with Crippen LogP contribution in [0.3, 0.4) is 0 Å². The Bertz CT molecular complexity index is 325. The third-order valence-corrected chi connectivity index (χ3v) is 4.03. The second-order valence-corrected chi connectivity index (χ2v) is 5.77. The van der Waals surface area contributed by atoms with Crippen LogP contribution in [0.1, 0.15) is 45.4 Å². The first-order valence-electron chi connectivity index (χ1n) is 6.52. The Morgan fingerprint density at radius 1 is 1.41 bits per heavy atom. The third kappa shape index (κ3) is 2.99. The summed E-state index contributed by atoms with van der Waals surface area (Å²) in [5, 5.41) is 9.19. The van der Waals surface area contributed by atoms with Gasteiger partial charge in [-0.25, -0.2) is 0 Å². The van der Waals surface area contributed by atoms with E-state index in [1.807, 2.05) is 0 Å². The van der Waals surface area contributed by atoms with Gasteiger partial charge in [0.2, 0.25) is 5.91 Å². The molecule has 1 aliphatic carbocycles. The highest BCUT2D eigenvalue weighted by atomic mass is 16.4. The number of likely N-dealkylation sites (tertiary alicyclic amines) is 1. The fraction of sp³-hybridized carbons (Fsp3) is 0.846. The van der Waals surface area contributed by atoms with Crippen LogP contribution < -0.4 is 0 Å². The summed E-state index contributed by atoms with van der Waals surface area (Å²) >= 11 is 0. The smallest absolute Gasteiger partial charge is 0.311 e. The van der Waals surface area contributed by atoms with Gasteiger partial charge in [-0.15, -0.1) is 0 Å². The van der Waals surface area contributed by atoms with Gasteiger partial charge < -0.3 is 10.0 Å². The molecule has 1 saturated carbocycles. The second kappa shape index (κ2) is 4.67. The zero-order valence-corrected chi connectivity index (χ0v) is 10.4. The van der Waals surface area contributed by atoms with Crippen LogP contribution in [0.25, 0.3) is 0 Å². The van der Waals surface area contributed by atoms with Crippen molar-refractivity contribution in [2.24, 2.45) is 11.3 Å². The molecule has 2 fully saturated rings. The maximum absolute atomic E-state index is 12.0. The van der Waals surface area contributed by atoms with Crippen molar-refractivity contribution in [3.05, 3.63) is 0 Å². The minimum absolute atomic E-state index is 0.143. The van der Waals surface area contributed by atoms with Gasteiger partial charge in [0, 0.05) is 19.5 Å². The van der Waals surface area contributed by atoms with E-state index in [1.165, 1.54) is 12.8 Å². The van der Waals surface area contributed by atoms with Crippen LogP contribution in [0, 0.1) is 11.3 Å². The topological polar surface area (TPSA) is 57.6 Å². The Kier molecular flexibility index (Phi) is 3.40. The molecule has 96 valence electrons. The van der Waals surface area contributed by atoms with Crippen molar-refractivity contribution >= 4 is 11.9 Å². The molecule has 0 aromatic heterocycles. The minimum Gasteiger partial charge on any atom is -0.481 e. The number of piperidine rings is 1. The average molecular weight is 239 g/mol. The number of carboxylic acids is 1. The van der Waals surface area contributed by atoms with E-state index in [4.69, 9.17) is 0 Å². The van der Waals surface area contributed by atoms with E-state index in [0.717, 1.165) is 25.3 Å². The summed E-state index contributed by atoms with van der Waals surface area (Å²) in [5.74, 6) is 0.121. The molecular weight excluding hydrogens is 218 g/mol. The van der Waals surface area contributed by atoms with Crippen molar-refractivity contribution in [1.82, 2.24) is 4.90 Å². The molecule has 0 aromatic rings. The number of hydrogen-bond acceptors (Lipinski definition) is 2. The van der Waals surface area contributed by atoms with Crippen LogP contribution in [0.2, 0.25) is 0 Å². The van der Waals surface area contributed by atoms with Gasteiger partial charge in [-0.2, -0.15) is 0 Å². The van der Waals surface area contributed by atoms with Crippen LogP contribution in [0.5, 0.6) is 0 Å². The number of rotatable bonds is 4. The van der Waals surface area contributed by atoms with Gasteiger partial charge in [-0.1, -0.05) is 12.8 Å². The maximum Gasteiger partial charge on any atom is 0.311 e. The van der Waals surface area contributed by atoms with Crippen LogP contribution >= 0.6 is 0 Å². The van der Waals surface area contributed by atoms with Gasteiger partial charge in [-0.05, 0) is 32.1 Å². The van der Waals surface area contributed by atoms with Crippen molar-refractivity contribution in [2.45, 2.75) is 45.4 Å². The number of nitrogens with zero attached hydrogens (tertiary/aromatic N) is 1. The normalized spacial score (nSPS) is 29.1. The lowest BCUT2D eigenvalue weighted by molar-refractivity contribution is -0.153. The zero-order valence-electron chi connectivity index (χ0n) is 10.4. The van der Waals surface area contributed by atoms with Crippen molar-refractivity contribution < 1.29 is 14.7 Å². The number of carbonyl (C=O) groups excluding carboxylic acids is 1. The first-order chi connectivity index (χ1) is 8.01. The first kappa shape index (κ1) is 12.4. The van der Waals surface area contributed by atoms with Crippen molar-refractivity contribution in [3.8, 4) is 0 Å². The summed E-state index contributed by atoms with van der Waals surface area (Å²) in [7, 11) is 0. The number of carbonyl (C=O) groups is 2. The first-order valence-corrected chi connectivity index (χ1v) is 6.52. The summed E-state index contributed by atoms with van der Waals surface area (Å²) in [5.41, 5.74) is -0.743. The molecule has 0 bridgehead atoms. The molecular formula is C13H21NO3. The van der Waals surface area contributed by atoms with Crippen LogP contribution in [-0.2, 0) is 9.59 Å². The van der Waals surface area contributed by atoms with Gasteiger partial charge in [0.25, 0.3) is 0 Å². The Labute approximate surface area is 102 Å². The van der Waals surface area contributed by atoms with Crippen molar-refractivity contribution in [1.29, 1.82) is 0 Å². The van der Waals surface area contributed by atoms with E-state index in [0.29, 0.717) is 19.4 Å². The number of carboxylic acid groups (broad SMARTS) is 1. The number of aliphatic carboxylic acids is 1. The molecule has 1 unspecified atom stereocenters. The predicted octanol–water partition coefficient (Wildman–Crippen LogP) is 1.89. The van der Waals surface area contributed by atoms with E-state index in [9.17, 15) is 14.7 Å². The Hall–Kier alpha value is -1.06. The van der Waals surface area contributed by atoms with E-state index in [1.54, 1.807) is 11.8 Å². The molecule has 1 amide bonds. The summed E-state index contributed by atoms with van der Waals surface area (Å²) in [4.78, 5) is 24.9. The van der Waals surface area contributed by atoms with Crippen LogP contribution in [0.4, 0.5) is 0 Å². The minimum atomic E-state index is -0.780. The molecule has 1 saturated heterocycles. The highest BCUT2D eigenvalue weighted by molar-refractivity contribution is 5.79. The SMILES string of the molecule is CC1(C(=O)O)CCCN(C(=O)CCC2CC2)C1. The molecule has 2 rings (SSSR count). The van der Waals surface area contributed by atoms with Gasteiger partial charge in [0.15, 0.2) is 0 Å². The predicted molar refractivity (Wildman–Crippen MR) is 63.5 cm³/mol. The lowest BCUT2D eigenvalue weighted by Gasteiger charge is -2.37. The maximum atomic E-state index is 12.0. The largest absolute Gasteiger partial charge is 0.481 e. The Morgan fingerprint density at radius 2 is 2.12 bits per heavy atom. The molecule has 1 heterocycles. The molecule has 4 heteroatoms. The quantitative estimate of drug-likeness (QED) is 0.815. The van der Waals surface area contributed by atoms with Crippen LogP contribution in [-0.4, -0.2) is 35.0 Å². The summed E-state index contributed by atoms with van der Waals surface area (Å²) in [6.07, 6.45) is 5.59. The lowest BCUT2D eigenvalue weighted by atomic mass is 9.82. The average Bonchev–Trinajstić information content (AvgIpc) is 3.09. The molecule has 2 aliphatic rings. The van der Waals surface area contributed by atoms with Gasteiger partial charge in [0.05, 0.1) is 5.41 Å². The van der Waals surface area contributed by atoms with Gasteiger partial charge in [-0.3, -0.25) is 9.59 Å². The summed E-state index contributed by atoms with van der Waals surface area (Å²) in [6.45, 7) is 2.86. The van der Waals surface area contributed by atoms with Crippen molar-refractivity contribution in [2.75, 3.05) is 13.1 Å². The fourth-order valence-electron chi connectivity index (χ4n) is 2.52. The molecule has 1 N–H and O–H groups in total. The van der Waals surface area contributed by atoms with E-state index in [2.05, 4.69) is 0 Å². The highest BCUT2D eigenvalue weighted by Crippen LogP contribution is 2.34. The standard InChI is InChI=1S/C13H21NO3/c1-13(12(16)17)7-2-8-14(9-13)11(15)6-5-10-3-4-10/h10H,2-9H2,1H3,(H,16,17). The Morgan fingerprint density at radius 3 is 2.71 bits per heavy atom. The molecule has 1 atom stereocenters. The molecule has 0 radical (unpaired) electrons. The van der Waals surface area contributed by atoms with Crippen LogP contribution in [0.15, 0.2) is 0 Å². The molecule has 0 aromatic carbocycles. The zero-order chi connectivity index (χ0) is 12.5.